The Hall–Kier alpha value is -0.833. The van der Waals surface area contributed by atoms with E-state index in [1.165, 1.54) is 5.19 Å². The van der Waals surface area contributed by atoms with Crippen molar-refractivity contribution in [2.45, 2.75) is 38.6 Å². The molecule has 0 N–H and O–H groups in total. The van der Waals surface area contributed by atoms with Crippen LogP contribution < -0.4 is 5.19 Å². The van der Waals surface area contributed by atoms with Crippen molar-refractivity contribution < 1.29 is 4.79 Å². The van der Waals surface area contributed by atoms with Crippen molar-refractivity contribution in [1.82, 2.24) is 0 Å². The van der Waals surface area contributed by atoms with Gasteiger partial charge in [-0.25, -0.2) is 0 Å². The molecule has 0 heterocycles. The van der Waals surface area contributed by atoms with Crippen LogP contribution in [0.2, 0.25) is 13.1 Å². The van der Waals surface area contributed by atoms with Crippen molar-refractivity contribution in [1.29, 1.82) is 0 Å². The Labute approximate surface area is 109 Å². The minimum Gasteiger partial charge on any atom is -0.361 e. The Morgan fingerprint density at radius 1 is 1.18 bits per heavy atom. The highest BCUT2D eigenvalue weighted by Crippen LogP contribution is 2.27. The van der Waals surface area contributed by atoms with Crippen LogP contribution in [0.25, 0.3) is 5.53 Å². The molecule has 0 saturated carbocycles. The second kappa shape index (κ2) is 5.21. The van der Waals surface area contributed by atoms with Gasteiger partial charge in [-0.2, -0.15) is 4.79 Å². The Kier molecular flexibility index (Phi) is 4.36. The number of nitrogens with zero attached hydrogens (tertiary/aromatic N) is 2. The third kappa shape index (κ3) is 3.84. The minimum absolute atomic E-state index is 0.0701. The van der Waals surface area contributed by atoms with E-state index < -0.39 is 8.07 Å². The Balaban J connectivity index is 3.09. The van der Waals surface area contributed by atoms with Gasteiger partial charge >= 0.3 is 0 Å². The molecular weight excluding hydrogens is 244 g/mol. The van der Waals surface area contributed by atoms with Crippen LogP contribution in [0.1, 0.15) is 20.8 Å². The summed E-state index contributed by atoms with van der Waals surface area (Å²) in [5.41, 5.74) is 9.29. The highest BCUT2D eigenvalue weighted by molar-refractivity contribution is 8.19. The highest BCUT2D eigenvalue weighted by atomic mass is 32.2. The molecule has 17 heavy (non-hydrogen) atoms. The molecule has 1 aromatic rings. The van der Waals surface area contributed by atoms with Gasteiger partial charge in [0.25, 0.3) is 4.67 Å². The quantitative estimate of drug-likeness (QED) is 0.265. The molecule has 0 atom stereocenters. The molecule has 2 nitrogen and oxygen atoms in total. The summed E-state index contributed by atoms with van der Waals surface area (Å²) in [6.07, 6.45) is 0. The highest BCUT2D eigenvalue weighted by Gasteiger charge is 2.40. The van der Waals surface area contributed by atoms with Gasteiger partial charge in [0, 0.05) is 4.75 Å². The van der Waals surface area contributed by atoms with E-state index in [0.29, 0.717) is 0 Å². The van der Waals surface area contributed by atoms with Crippen LogP contribution in [0.4, 0.5) is 0 Å². The van der Waals surface area contributed by atoms with E-state index in [1.807, 2.05) is 18.2 Å². The molecule has 0 aliphatic heterocycles. The summed E-state index contributed by atoms with van der Waals surface area (Å²) in [6, 6.07) is 10.4. The zero-order chi connectivity index (χ0) is 13.1. The molecule has 0 unspecified atom stereocenters. The fourth-order valence-corrected chi connectivity index (χ4v) is 5.98. The van der Waals surface area contributed by atoms with Gasteiger partial charge in [0.05, 0.1) is 0 Å². The first-order valence-corrected chi connectivity index (χ1v) is 9.56. The molecule has 0 spiro atoms. The van der Waals surface area contributed by atoms with Crippen LogP contribution in [0.5, 0.6) is 0 Å². The second-order valence-electron chi connectivity index (χ2n) is 5.61. The smallest absolute Gasteiger partial charge is 0.296 e. The zero-order valence-electron chi connectivity index (χ0n) is 11.2. The summed E-state index contributed by atoms with van der Waals surface area (Å²) in [4.78, 5) is 3.56. The van der Waals surface area contributed by atoms with Crippen molar-refractivity contribution in [2.75, 3.05) is 0 Å². The first-order chi connectivity index (χ1) is 7.77. The van der Waals surface area contributed by atoms with Crippen LogP contribution in [0, 0.1) is 0 Å². The molecule has 1 aromatic carbocycles. The molecule has 4 heteroatoms. The van der Waals surface area contributed by atoms with Gasteiger partial charge < -0.3 is 5.53 Å². The van der Waals surface area contributed by atoms with E-state index >= 15 is 0 Å². The van der Waals surface area contributed by atoms with E-state index in [-0.39, 0.29) is 4.75 Å². The summed E-state index contributed by atoms with van der Waals surface area (Å²) in [5, 5.41) is 1.30. The first kappa shape index (κ1) is 14.2. The molecule has 92 valence electrons. The van der Waals surface area contributed by atoms with E-state index in [0.717, 1.165) is 4.67 Å². The normalized spacial score (nSPS) is 12.1. The van der Waals surface area contributed by atoms with Gasteiger partial charge in [0.1, 0.15) is 0 Å². The van der Waals surface area contributed by atoms with Crippen LogP contribution in [-0.2, 0) is 0 Å². The van der Waals surface area contributed by atoms with Gasteiger partial charge in [0.15, 0.2) is 0 Å². The van der Waals surface area contributed by atoms with Crippen molar-refractivity contribution in [3.8, 4) is 0 Å². The van der Waals surface area contributed by atoms with E-state index in [2.05, 4.69) is 50.8 Å². The third-order valence-electron chi connectivity index (χ3n) is 2.52. The maximum Gasteiger partial charge on any atom is 0.296 e. The average Bonchev–Trinajstić information content (AvgIpc) is 2.25. The van der Waals surface area contributed by atoms with Gasteiger partial charge in [0.2, 0.25) is 8.07 Å². The predicted molar refractivity (Wildman–Crippen MR) is 79.5 cm³/mol. The Morgan fingerprint density at radius 2 is 1.71 bits per heavy atom. The van der Waals surface area contributed by atoms with Crippen molar-refractivity contribution in [3.05, 3.63) is 35.9 Å². The molecule has 0 saturated heterocycles. The van der Waals surface area contributed by atoms with E-state index in [4.69, 9.17) is 0 Å². The largest absolute Gasteiger partial charge is 0.361 e. The number of benzene rings is 1. The molecule has 0 bridgehead atoms. The first-order valence-electron chi connectivity index (χ1n) is 5.74. The molecule has 0 aliphatic rings. The second-order valence-corrected chi connectivity index (χ2v) is 12.1. The molecule has 0 fully saturated rings. The monoisotopic (exact) mass is 264 g/mol. The van der Waals surface area contributed by atoms with E-state index in [1.54, 1.807) is 11.8 Å². The number of hydrogen-bond donors (Lipinski definition) is 0. The molecule has 0 aromatic heterocycles. The molecular formula is C13H20N2SSi. The third-order valence-corrected chi connectivity index (χ3v) is 8.19. The van der Waals surface area contributed by atoms with Crippen molar-refractivity contribution in [3.63, 3.8) is 0 Å². The zero-order valence-corrected chi connectivity index (χ0v) is 13.0. The standard InChI is InChI=1S/C13H20N2SSi/c1-13(2,3)16-12(15-14)17(4,5)11-9-7-6-8-10-11/h6-10H,1-5H3. The average molecular weight is 264 g/mol. The Morgan fingerprint density at radius 3 is 2.12 bits per heavy atom. The fraction of sp³-hybridized carbons (Fsp3) is 0.462. The van der Waals surface area contributed by atoms with Gasteiger partial charge in [-0.05, 0) is 16.9 Å². The lowest BCUT2D eigenvalue weighted by atomic mass is 10.3. The Bertz CT molecular complexity index is 428. The van der Waals surface area contributed by atoms with Gasteiger partial charge in [-0.1, -0.05) is 64.2 Å². The maximum absolute atomic E-state index is 9.29. The molecule has 0 amide bonds. The van der Waals surface area contributed by atoms with Crippen LogP contribution >= 0.6 is 11.8 Å². The number of hydrogen-bond acceptors (Lipinski definition) is 1. The van der Waals surface area contributed by atoms with Crippen LogP contribution in [0.15, 0.2) is 30.3 Å². The summed E-state index contributed by atoms with van der Waals surface area (Å²) in [6.45, 7) is 10.8. The topological polar surface area (TPSA) is 36.4 Å². The van der Waals surface area contributed by atoms with Gasteiger partial charge in [-0.3, -0.25) is 0 Å². The fourth-order valence-electron chi connectivity index (χ4n) is 1.54. The SMILES string of the molecule is CC(C)(C)SC(=[N+]=[N-])[Si](C)(C)c1ccccc1. The van der Waals surface area contributed by atoms with Crippen molar-refractivity contribution >= 4 is 29.7 Å². The molecule has 0 aliphatic carbocycles. The lowest BCUT2D eigenvalue weighted by molar-refractivity contribution is 0.00390. The summed E-state index contributed by atoms with van der Waals surface area (Å²) in [7, 11) is -1.86. The van der Waals surface area contributed by atoms with Crippen molar-refractivity contribution in [2.24, 2.45) is 0 Å². The minimum atomic E-state index is -1.86. The van der Waals surface area contributed by atoms with Gasteiger partial charge in [-0.15, -0.1) is 0 Å². The maximum atomic E-state index is 9.29. The van der Waals surface area contributed by atoms with Crippen LogP contribution in [-0.4, -0.2) is 22.3 Å². The lowest BCUT2D eigenvalue weighted by Gasteiger charge is -2.22. The summed E-state index contributed by atoms with van der Waals surface area (Å²) >= 11 is 1.67. The lowest BCUT2D eigenvalue weighted by Crippen LogP contribution is -2.50. The molecule has 0 radical (unpaired) electrons. The summed E-state index contributed by atoms with van der Waals surface area (Å²) < 4.78 is 0.955. The number of rotatable bonds is 2. The molecule has 1 rings (SSSR count). The van der Waals surface area contributed by atoms with Crippen LogP contribution in [0.3, 0.4) is 0 Å². The summed E-state index contributed by atoms with van der Waals surface area (Å²) in [5.74, 6) is 0. The predicted octanol–water partition coefficient (Wildman–Crippen LogP) is 3.30. The number of thioether (sulfide) groups is 1. The van der Waals surface area contributed by atoms with E-state index in [9.17, 15) is 5.53 Å².